The van der Waals surface area contributed by atoms with Crippen molar-refractivity contribution in [3.05, 3.63) is 20.8 Å². The highest BCUT2D eigenvalue weighted by Crippen LogP contribution is 2.32. The standard InChI is InChI=1S/C13H18BrNOS/c14-13-6-5-10(17-13)7-12(16)11-4-2-1-3-9(11)8-15/h5-6,9,11H,1-4,7-8,15H2. The van der Waals surface area contributed by atoms with Crippen molar-refractivity contribution in [3.63, 3.8) is 0 Å². The molecule has 2 atom stereocenters. The fourth-order valence-electron chi connectivity index (χ4n) is 2.66. The van der Waals surface area contributed by atoms with Crippen molar-refractivity contribution in [1.29, 1.82) is 0 Å². The monoisotopic (exact) mass is 315 g/mol. The molecule has 0 radical (unpaired) electrons. The third-order valence-corrected chi connectivity index (χ3v) is 5.23. The van der Waals surface area contributed by atoms with Crippen LogP contribution >= 0.6 is 27.3 Å². The van der Waals surface area contributed by atoms with Crippen LogP contribution in [0, 0.1) is 11.8 Å². The molecule has 1 aromatic heterocycles. The van der Waals surface area contributed by atoms with Crippen LogP contribution in [0.4, 0.5) is 0 Å². The van der Waals surface area contributed by atoms with Gasteiger partial charge in [0.05, 0.1) is 3.79 Å². The predicted octanol–water partition coefficient (Wildman–Crippen LogP) is 3.39. The topological polar surface area (TPSA) is 43.1 Å². The lowest BCUT2D eigenvalue weighted by molar-refractivity contribution is -0.124. The maximum Gasteiger partial charge on any atom is 0.141 e. The SMILES string of the molecule is NCC1CCCCC1C(=O)Cc1ccc(Br)s1. The molecule has 2 N–H and O–H groups in total. The summed E-state index contributed by atoms with van der Waals surface area (Å²) in [5.41, 5.74) is 5.77. The number of hydrogen-bond donors (Lipinski definition) is 1. The minimum Gasteiger partial charge on any atom is -0.330 e. The first kappa shape index (κ1) is 13.2. The van der Waals surface area contributed by atoms with Crippen LogP contribution in [-0.2, 0) is 11.2 Å². The average Bonchev–Trinajstić information content (AvgIpc) is 2.74. The van der Waals surface area contributed by atoms with E-state index in [2.05, 4.69) is 15.9 Å². The molecule has 0 aliphatic heterocycles. The van der Waals surface area contributed by atoms with E-state index in [1.165, 1.54) is 12.8 Å². The lowest BCUT2D eigenvalue weighted by Gasteiger charge is -2.29. The van der Waals surface area contributed by atoms with Crippen molar-refractivity contribution in [2.45, 2.75) is 32.1 Å². The van der Waals surface area contributed by atoms with E-state index in [0.29, 0.717) is 24.7 Å². The molecule has 1 aliphatic carbocycles. The third kappa shape index (κ3) is 3.39. The fraction of sp³-hybridized carbons (Fsp3) is 0.615. The van der Waals surface area contributed by atoms with Crippen LogP contribution in [0.5, 0.6) is 0 Å². The minimum atomic E-state index is 0.203. The molecule has 1 fully saturated rings. The second-order valence-electron chi connectivity index (χ2n) is 4.74. The predicted molar refractivity (Wildman–Crippen MR) is 75.2 cm³/mol. The highest BCUT2D eigenvalue weighted by Gasteiger charge is 2.29. The summed E-state index contributed by atoms with van der Waals surface area (Å²) in [6.07, 6.45) is 5.16. The summed E-state index contributed by atoms with van der Waals surface area (Å²) in [5, 5.41) is 0. The van der Waals surface area contributed by atoms with Gasteiger partial charge in [-0.2, -0.15) is 0 Å². The number of carbonyl (C=O) groups excluding carboxylic acids is 1. The van der Waals surface area contributed by atoms with Crippen LogP contribution in [0.1, 0.15) is 30.6 Å². The number of halogens is 1. The second-order valence-corrected chi connectivity index (χ2v) is 7.28. The molecule has 2 unspecified atom stereocenters. The molecule has 1 heterocycles. The van der Waals surface area contributed by atoms with Gasteiger partial charge in [-0.05, 0) is 53.4 Å². The molecule has 0 amide bonds. The Balaban J connectivity index is 1.98. The molecular weight excluding hydrogens is 298 g/mol. The number of ketones is 1. The largest absolute Gasteiger partial charge is 0.330 e. The molecule has 1 aliphatic rings. The Hall–Kier alpha value is -0.190. The Kier molecular flexibility index (Phi) is 4.77. The number of hydrogen-bond acceptors (Lipinski definition) is 3. The zero-order chi connectivity index (χ0) is 12.3. The number of carbonyl (C=O) groups is 1. The van der Waals surface area contributed by atoms with Crippen molar-refractivity contribution in [2.75, 3.05) is 6.54 Å². The first-order valence-corrected chi connectivity index (χ1v) is 7.78. The number of thiophene rings is 1. The van der Waals surface area contributed by atoms with Crippen molar-refractivity contribution in [3.8, 4) is 0 Å². The summed E-state index contributed by atoms with van der Waals surface area (Å²) in [6, 6.07) is 4.04. The molecule has 17 heavy (non-hydrogen) atoms. The fourth-order valence-corrected chi connectivity index (χ4v) is 4.16. The van der Waals surface area contributed by atoms with Crippen molar-refractivity contribution < 1.29 is 4.79 Å². The third-order valence-electron chi connectivity index (χ3n) is 3.60. The van der Waals surface area contributed by atoms with Gasteiger partial charge in [0, 0.05) is 17.2 Å². The molecule has 2 rings (SSSR count). The van der Waals surface area contributed by atoms with E-state index in [0.717, 1.165) is 21.5 Å². The van der Waals surface area contributed by atoms with Crippen LogP contribution in [0.15, 0.2) is 15.9 Å². The smallest absolute Gasteiger partial charge is 0.141 e. The molecule has 94 valence electrons. The summed E-state index contributed by atoms with van der Waals surface area (Å²) < 4.78 is 1.10. The number of nitrogens with two attached hydrogens (primary N) is 1. The average molecular weight is 316 g/mol. The van der Waals surface area contributed by atoms with E-state index in [1.54, 1.807) is 11.3 Å². The Bertz CT molecular complexity index is 391. The molecule has 0 spiro atoms. The lowest BCUT2D eigenvalue weighted by atomic mass is 9.76. The van der Waals surface area contributed by atoms with Crippen LogP contribution < -0.4 is 5.73 Å². The summed E-state index contributed by atoms with van der Waals surface area (Å²) in [4.78, 5) is 13.4. The Morgan fingerprint density at radius 2 is 2.18 bits per heavy atom. The van der Waals surface area contributed by atoms with Gasteiger partial charge >= 0.3 is 0 Å². The molecule has 0 aromatic carbocycles. The van der Waals surface area contributed by atoms with Crippen LogP contribution in [-0.4, -0.2) is 12.3 Å². The number of Topliss-reactive ketones (excluding diaryl/α,β-unsaturated/α-hetero) is 1. The highest BCUT2D eigenvalue weighted by atomic mass is 79.9. The molecule has 0 bridgehead atoms. The van der Waals surface area contributed by atoms with Crippen molar-refractivity contribution >= 4 is 33.0 Å². The first-order chi connectivity index (χ1) is 8.20. The second kappa shape index (κ2) is 6.12. The maximum atomic E-state index is 12.3. The Labute approximate surface area is 115 Å². The summed E-state index contributed by atoms with van der Waals surface area (Å²) in [7, 11) is 0. The highest BCUT2D eigenvalue weighted by molar-refractivity contribution is 9.11. The maximum absolute atomic E-state index is 12.3. The minimum absolute atomic E-state index is 0.203. The van der Waals surface area contributed by atoms with Gasteiger partial charge in [0.15, 0.2) is 0 Å². The molecule has 1 saturated carbocycles. The van der Waals surface area contributed by atoms with Gasteiger partial charge in [0.25, 0.3) is 0 Å². The summed E-state index contributed by atoms with van der Waals surface area (Å²) in [6.45, 7) is 0.657. The van der Waals surface area contributed by atoms with Gasteiger partial charge < -0.3 is 5.73 Å². The van der Waals surface area contributed by atoms with E-state index in [1.807, 2.05) is 12.1 Å². The van der Waals surface area contributed by atoms with Gasteiger partial charge in [-0.1, -0.05) is 12.8 Å². The van der Waals surface area contributed by atoms with Gasteiger partial charge in [-0.25, -0.2) is 0 Å². The molecule has 2 nitrogen and oxygen atoms in total. The van der Waals surface area contributed by atoms with E-state index in [9.17, 15) is 4.79 Å². The van der Waals surface area contributed by atoms with Gasteiger partial charge in [0.1, 0.15) is 5.78 Å². The van der Waals surface area contributed by atoms with Crippen molar-refractivity contribution in [2.24, 2.45) is 17.6 Å². The Morgan fingerprint density at radius 1 is 1.41 bits per heavy atom. The van der Waals surface area contributed by atoms with E-state index in [4.69, 9.17) is 5.73 Å². The summed E-state index contributed by atoms with van der Waals surface area (Å²) in [5.74, 6) is 1.00. The molecule has 0 saturated heterocycles. The van der Waals surface area contributed by atoms with Gasteiger partial charge in [0.2, 0.25) is 0 Å². The van der Waals surface area contributed by atoms with E-state index in [-0.39, 0.29) is 5.92 Å². The van der Waals surface area contributed by atoms with Crippen LogP contribution in [0.25, 0.3) is 0 Å². The first-order valence-electron chi connectivity index (χ1n) is 6.17. The van der Waals surface area contributed by atoms with E-state index < -0.39 is 0 Å². The van der Waals surface area contributed by atoms with Crippen LogP contribution in [0.2, 0.25) is 0 Å². The van der Waals surface area contributed by atoms with Crippen molar-refractivity contribution in [1.82, 2.24) is 0 Å². The van der Waals surface area contributed by atoms with Gasteiger partial charge in [-0.15, -0.1) is 11.3 Å². The molecular formula is C13H18BrNOS. The normalized spacial score (nSPS) is 24.8. The van der Waals surface area contributed by atoms with Gasteiger partial charge in [-0.3, -0.25) is 4.79 Å². The quantitative estimate of drug-likeness (QED) is 0.925. The lowest BCUT2D eigenvalue weighted by Crippen LogP contribution is -2.33. The molecule has 4 heteroatoms. The zero-order valence-corrected chi connectivity index (χ0v) is 12.2. The zero-order valence-electron chi connectivity index (χ0n) is 9.82. The molecule has 1 aromatic rings. The van der Waals surface area contributed by atoms with Crippen LogP contribution in [0.3, 0.4) is 0 Å². The Morgan fingerprint density at radius 3 is 2.82 bits per heavy atom. The summed E-state index contributed by atoms with van der Waals surface area (Å²) >= 11 is 5.08. The van der Waals surface area contributed by atoms with E-state index >= 15 is 0 Å². The number of rotatable bonds is 4.